The molecule has 0 saturated carbocycles. The van der Waals surface area contributed by atoms with Gasteiger partial charge in [0.15, 0.2) is 0 Å². The van der Waals surface area contributed by atoms with E-state index in [1.54, 1.807) is 13.0 Å². The molecule has 0 fully saturated rings. The van der Waals surface area contributed by atoms with E-state index in [1.807, 2.05) is 50.3 Å². The number of rotatable bonds is 3. The van der Waals surface area contributed by atoms with Crippen LogP contribution >= 0.6 is 0 Å². The minimum Gasteiger partial charge on any atom is -0.478 e. The number of carbonyl (C=O) groups is 1. The molecule has 0 amide bonds. The summed E-state index contributed by atoms with van der Waals surface area (Å²) in [4.78, 5) is 14.8. The summed E-state index contributed by atoms with van der Waals surface area (Å²) in [6.45, 7) is 5.53. The molecule has 25 heavy (non-hydrogen) atoms. The van der Waals surface area contributed by atoms with Crippen molar-refractivity contribution >= 4 is 35.1 Å². The first-order chi connectivity index (χ1) is 11.9. The second-order valence-electron chi connectivity index (χ2n) is 6.29. The minimum atomic E-state index is -1.37. The van der Waals surface area contributed by atoms with Gasteiger partial charge in [-0.3, -0.25) is 0 Å². The van der Waals surface area contributed by atoms with Gasteiger partial charge in [-0.2, -0.15) is 0 Å². The molecule has 4 heteroatoms. The lowest BCUT2D eigenvalue weighted by Crippen LogP contribution is -2.20. The molecule has 128 valence electrons. The lowest BCUT2D eigenvalue weighted by Gasteiger charge is -2.21. The van der Waals surface area contributed by atoms with E-state index in [0.29, 0.717) is 5.56 Å². The van der Waals surface area contributed by atoms with E-state index >= 15 is 0 Å². The minimum absolute atomic E-state index is 0.0725. The zero-order valence-electron chi connectivity index (χ0n) is 14.5. The van der Waals surface area contributed by atoms with Gasteiger partial charge in [0.25, 0.3) is 0 Å². The highest BCUT2D eigenvalue weighted by atomic mass is 16.4. The van der Waals surface area contributed by atoms with Crippen molar-refractivity contribution in [3.63, 3.8) is 0 Å². The molecule has 1 aromatic carbocycles. The number of allylic oxidation sites excluding steroid dienone is 2. The van der Waals surface area contributed by atoms with Crippen molar-refractivity contribution in [2.45, 2.75) is 26.4 Å². The van der Waals surface area contributed by atoms with Gasteiger partial charge in [-0.15, -0.1) is 0 Å². The molecule has 1 unspecified atom stereocenters. The molecule has 1 aliphatic rings. The topological polar surface area (TPSA) is 73.3 Å². The summed E-state index contributed by atoms with van der Waals surface area (Å²) in [5, 5.41) is 21.2. The molecule has 2 aromatic rings. The van der Waals surface area contributed by atoms with Crippen LogP contribution in [0, 0.1) is 0 Å². The van der Waals surface area contributed by atoms with Crippen LogP contribution in [0.25, 0.3) is 29.1 Å². The van der Waals surface area contributed by atoms with Gasteiger partial charge in [-0.05, 0) is 44.6 Å². The zero-order chi connectivity index (χ0) is 18.2. The van der Waals surface area contributed by atoms with Crippen LogP contribution in [-0.4, -0.2) is 21.2 Å². The van der Waals surface area contributed by atoms with E-state index in [4.69, 9.17) is 0 Å². The number of H-pyrrole nitrogens is 1. The Kier molecular flexibility index (Phi) is 4.23. The smallest absolute Gasteiger partial charge is 0.335 e. The van der Waals surface area contributed by atoms with Crippen LogP contribution in [0.1, 0.15) is 43.2 Å². The van der Waals surface area contributed by atoms with Crippen molar-refractivity contribution in [1.82, 2.24) is 4.98 Å². The van der Waals surface area contributed by atoms with Crippen LogP contribution < -0.4 is 0 Å². The highest BCUT2D eigenvalue weighted by molar-refractivity contribution is 6.00. The van der Waals surface area contributed by atoms with Crippen molar-refractivity contribution in [2.24, 2.45) is 0 Å². The molecule has 1 aromatic heterocycles. The van der Waals surface area contributed by atoms with Gasteiger partial charge in [0.2, 0.25) is 0 Å². The van der Waals surface area contributed by atoms with E-state index < -0.39 is 11.6 Å². The average Bonchev–Trinajstić information content (AvgIpc) is 2.82. The number of carboxylic acid groups (broad SMARTS) is 1. The van der Waals surface area contributed by atoms with Crippen molar-refractivity contribution in [2.75, 3.05) is 0 Å². The molecule has 4 nitrogen and oxygen atoms in total. The van der Waals surface area contributed by atoms with Crippen LogP contribution in [0.4, 0.5) is 0 Å². The van der Waals surface area contributed by atoms with Crippen molar-refractivity contribution in [1.29, 1.82) is 0 Å². The quantitative estimate of drug-likeness (QED) is 0.774. The SMILES string of the molecule is C/C=C\c1[nH]c2c3c(ccc2c1/C=C/C)C(C)(O)C=C(C(=O)O)C=C3. The standard InChI is InChI=1S/C21H21NO3/c1-4-6-14-15-10-11-17-16(19(15)22-18(14)7-5-2)9-8-13(20(23)24)12-21(17,3)25/h4-12,22,25H,1-3H3,(H,23,24)/b6-4+,7-5-. The Morgan fingerprint density at radius 1 is 1.16 bits per heavy atom. The first-order valence-corrected chi connectivity index (χ1v) is 8.20. The Morgan fingerprint density at radius 3 is 2.52 bits per heavy atom. The van der Waals surface area contributed by atoms with Crippen molar-refractivity contribution in [3.05, 3.63) is 64.4 Å². The summed E-state index contributed by atoms with van der Waals surface area (Å²) < 4.78 is 0. The second kappa shape index (κ2) is 6.22. The fourth-order valence-corrected chi connectivity index (χ4v) is 3.32. The molecule has 3 N–H and O–H groups in total. The summed E-state index contributed by atoms with van der Waals surface area (Å²) in [5.41, 5.74) is 3.12. The van der Waals surface area contributed by atoms with Crippen LogP contribution in [0.5, 0.6) is 0 Å². The number of aromatic amines is 1. The largest absolute Gasteiger partial charge is 0.478 e. The molecule has 0 saturated heterocycles. The lowest BCUT2D eigenvalue weighted by molar-refractivity contribution is -0.132. The van der Waals surface area contributed by atoms with Crippen molar-refractivity contribution in [3.8, 4) is 0 Å². The number of aliphatic carboxylic acids is 1. The van der Waals surface area contributed by atoms with Crippen LogP contribution in [0.2, 0.25) is 0 Å². The summed E-state index contributed by atoms with van der Waals surface area (Å²) in [6.07, 6.45) is 12.7. The number of aliphatic hydroxyl groups is 1. The molecule has 0 spiro atoms. The summed E-state index contributed by atoms with van der Waals surface area (Å²) in [7, 11) is 0. The third-order valence-corrected chi connectivity index (χ3v) is 4.41. The molecular formula is C21H21NO3. The predicted molar refractivity (Wildman–Crippen MR) is 102 cm³/mol. The van der Waals surface area contributed by atoms with Gasteiger partial charge in [-0.1, -0.05) is 36.4 Å². The molecular weight excluding hydrogens is 314 g/mol. The Hall–Kier alpha value is -2.85. The van der Waals surface area contributed by atoms with Gasteiger partial charge < -0.3 is 15.2 Å². The summed E-state index contributed by atoms with van der Waals surface area (Å²) in [6, 6.07) is 3.83. The highest BCUT2D eigenvalue weighted by Gasteiger charge is 2.28. The molecule has 1 aliphatic carbocycles. The van der Waals surface area contributed by atoms with E-state index in [0.717, 1.165) is 27.7 Å². The number of aromatic nitrogens is 1. The Bertz CT molecular complexity index is 969. The molecule has 0 radical (unpaired) electrons. The highest BCUT2D eigenvalue weighted by Crippen LogP contribution is 2.37. The predicted octanol–water partition coefficient (Wildman–Crippen LogP) is 4.48. The molecule has 1 atom stereocenters. The van der Waals surface area contributed by atoms with Crippen LogP contribution in [-0.2, 0) is 10.4 Å². The van der Waals surface area contributed by atoms with Gasteiger partial charge in [0.05, 0.1) is 11.1 Å². The number of hydrogen-bond donors (Lipinski definition) is 3. The van der Waals surface area contributed by atoms with E-state index in [-0.39, 0.29) is 5.57 Å². The first-order valence-electron chi connectivity index (χ1n) is 8.20. The Morgan fingerprint density at radius 2 is 1.88 bits per heavy atom. The number of benzene rings is 1. The number of nitrogens with one attached hydrogen (secondary N) is 1. The fraction of sp³-hybridized carbons (Fsp3) is 0.190. The second-order valence-corrected chi connectivity index (χ2v) is 6.29. The Labute approximate surface area is 146 Å². The lowest BCUT2D eigenvalue weighted by atomic mass is 9.90. The molecule has 1 heterocycles. The van der Waals surface area contributed by atoms with Crippen molar-refractivity contribution < 1.29 is 15.0 Å². The Balaban J connectivity index is 2.35. The summed E-state index contributed by atoms with van der Waals surface area (Å²) >= 11 is 0. The molecule has 0 aliphatic heterocycles. The van der Waals surface area contributed by atoms with Gasteiger partial charge in [0, 0.05) is 22.2 Å². The third kappa shape index (κ3) is 2.85. The first kappa shape index (κ1) is 17.0. The maximum Gasteiger partial charge on any atom is 0.335 e. The molecule has 3 rings (SSSR count). The van der Waals surface area contributed by atoms with E-state index in [1.165, 1.54) is 12.2 Å². The molecule has 0 bridgehead atoms. The van der Waals surface area contributed by atoms with Gasteiger partial charge in [-0.25, -0.2) is 4.79 Å². The van der Waals surface area contributed by atoms with Crippen LogP contribution in [0.3, 0.4) is 0 Å². The van der Waals surface area contributed by atoms with E-state index in [2.05, 4.69) is 4.98 Å². The monoisotopic (exact) mass is 335 g/mol. The number of hydrogen-bond acceptors (Lipinski definition) is 2. The maximum atomic E-state index is 11.4. The van der Waals surface area contributed by atoms with Gasteiger partial charge in [0.1, 0.15) is 5.60 Å². The van der Waals surface area contributed by atoms with Gasteiger partial charge >= 0.3 is 5.97 Å². The normalized spacial score (nSPS) is 20.2. The number of fused-ring (bicyclic) bond motifs is 3. The van der Waals surface area contributed by atoms with E-state index in [9.17, 15) is 15.0 Å². The number of carboxylic acids is 1. The zero-order valence-corrected chi connectivity index (χ0v) is 14.5. The third-order valence-electron chi connectivity index (χ3n) is 4.41. The van der Waals surface area contributed by atoms with Crippen LogP contribution in [0.15, 0.2) is 42.0 Å². The maximum absolute atomic E-state index is 11.4. The average molecular weight is 335 g/mol. The fourth-order valence-electron chi connectivity index (χ4n) is 3.32. The summed E-state index contributed by atoms with van der Waals surface area (Å²) in [5.74, 6) is -1.06.